The van der Waals surface area contributed by atoms with Gasteiger partial charge in [-0.15, -0.1) is 0 Å². The summed E-state index contributed by atoms with van der Waals surface area (Å²) in [4.78, 5) is 101. The van der Waals surface area contributed by atoms with Crippen molar-refractivity contribution in [3.05, 3.63) is 0 Å². The molecular formula is C40H84N8O12P4. The average molecular weight is 993 g/mol. The van der Waals surface area contributed by atoms with Crippen molar-refractivity contribution in [3.63, 3.8) is 0 Å². The molecule has 4 amide bonds. The Morgan fingerprint density at radius 3 is 0.703 bits per heavy atom. The molecular weight excluding hydrogens is 908 g/mol. The molecule has 1 fully saturated rings. The van der Waals surface area contributed by atoms with Crippen LogP contribution in [0.5, 0.6) is 0 Å². The first kappa shape index (κ1) is 60.5. The second kappa shape index (κ2) is 33.1. The maximum atomic E-state index is 13.6. The molecule has 0 aliphatic carbocycles. The molecule has 0 aromatic rings. The van der Waals surface area contributed by atoms with Crippen LogP contribution in [0, 0.1) is 0 Å². The Morgan fingerprint density at radius 2 is 0.547 bits per heavy atom. The van der Waals surface area contributed by atoms with Crippen LogP contribution in [-0.2, 0) is 37.4 Å². The first-order chi connectivity index (χ1) is 30.1. The number of nitrogens with one attached hydrogen (secondary N) is 4. The topological polar surface area (TPSA) is 279 Å². The summed E-state index contributed by atoms with van der Waals surface area (Å²) in [6.45, 7) is 10.8. The van der Waals surface area contributed by atoms with E-state index < -0.39 is 29.5 Å². The van der Waals surface area contributed by atoms with Crippen molar-refractivity contribution in [2.45, 2.75) is 105 Å². The quantitative estimate of drug-likeness (QED) is 0.0355. The highest BCUT2D eigenvalue weighted by atomic mass is 31.2. The van der Waals surface area contributed by atoms with Crippen LogP contribution in [0.25, 0.3) is 0 Å². The van der Waals surface area contributed by atoms with Gasteiger partial charge in [0.15, 0.2) is 0 Å². The molecule has 0 aromatic heterocycles. The third-order valence-electron chi connectivity index (χ3n) is 10.8. The van der Waals surface area contributed by atoms with Gasteiger partial charge in [-0.3, -0.25) is 57.0 Å². The van der Waals surface area contributed by atoms with E-state index in [1.54, 1.807) is 19.6 Å². The van der Waals surface area contributed by atoms with Gasteiger partial charge in [0, 0.05) is 129 Å². The minimum atomic E-state index is -3.94. The lowest BCUT2D eigenvalue weighted by molar-refractivity contribution is -0.121. The van der Waals surface area contributed by atoms with E-state index in [1.807, 2.05) is 27.7 Å². The number of hydrogen-bond acceptors (Lipinski definition) is 12. The van der Waals surface area contributed by atoms with Gasteiger partial charge in [0.1, 0.15) is 0 Å². The van der Waals surface area contributed by atoms with Crippen molar-refractivity contribution in [3.8, 4) is 0 Å². The fraction of sp³-hybridized carbons (Fsp3) is 0.900. The van der Waals surface area contributed by atoms with Crippen molar-refractivity contribution in [2.75, 3.05) is 128 Å². The molecule has 20 nitrogen and oxygen atoms in total. The molecule has 0 spiro atoms. The van der Waals surface area contributed by atoms with Gasteiger partial charge in [-0.2, -0.15) is 0 Å². The van der Waals surface area contributed by atoms with E-state index in [-0.39, 0.29) is 151 Å². The molecule has 0 bridgehead atoms. The normalized spacial score (nSPS) is 19.1. The molecule has 0 saturated carbocycles. The number of nitrogens with zero attached hydrogens (tertiary/aromatic N) is 4. The summed E-state index contributed by atoms with van der Waals surface area (Å²) in [5, 5.41) is 11.0. The van der Waals surface area contributed by atoms with Gasteiger partial charge in [-0.1, -0.05) is 53.4 Å². The van der Waals surface area contributed by atoms with Crippen molar-refractivity contribution < 1.29 is 57.0 Å². The van der Waals surface area contributed by atoms with Crippen molar-refractivity contribution in [1.29, 1.82) is 0 Å². The molecule has 1 aliphatic heterocycles. The number of amides is 4. The van der Waals surface area contributed by atoms with E-state index in [0.717, 1.165) is 51.4 Å². The molecule has 0 aromatic carbocycles. The third-order valence-corrected chi connectivity index (χ3v) is 17.8. The zero-order valence-corrected chi connectivity index (χ0v) is 42.8. The van der Waals surface area contributed by atoms with Crippen LogP contribution < -0.4 is 21.3 Å². The van der Waals surface area contributed by atoms with Gasteiger partial charge in [-0.25, -0.2) is 0 Å². The standard InChI is InChI=1S/C40H84N8O12P4/c1-5-9-17-41-37(49)13-29-61(53,54)33-45-21-23-46(34-62(55,56)30-14-38(50)42-18-10-6-2)25-27-48(36-64(59,60)32-16-40(52)44-20-12-8-4)28-26-47(24-22-45)35-63(57,58)31-15-39(51)43-19-11-7-3/h5-36H2,1-4H3,(H,41,49)(H,42,50)(H,43,51)(H,44,52)(H,53,54)(H,55,56)(H,57,58)(H,59,60). The van der Waals surface area contributed by atoms with E-state index >= 15 is 0 Å². The first-order valence-electron chi connectivity index (χ1n) is 23.3. The SMILES string of the molecule is CCCCNC(=O)CCP(=O)(O)CN1CCN(CP(=O)(O)CCC(=O)NCCCC)CCN(CP(=O)(O)CCC(=O)NCCCC)CCN(CP(=O)(O)CCC(=O)NCCCC)CC1. The summed E-state index contributed by atoms with van der Waals surface area (Å²) < 4.78 is 54.5. The minimum Gasteiger partial charge on any atom is -0.356 e. The number of unbranched alkanes of at least 4 members (excludes halogenated alkanes) is 4. The number of hydrogen-bond donors (Lipinski definition) is 8. The summed E-state index contributed by atoms with van der Waals surface area (Å²) in [7, 11) is -15.8. The van der Waals surface area contributed by atoms with E-state index in [1.165, 1.54) is 0 Å². The maximum Gasteiger partial charge on any atom is 0.220 e. The second-order valence-electron chi connectivity index (χ2n) is 17.1. The molecule has 1 rings (SSSR count). The van der Waals surface area contributed by atoms with Crippen LogP contribution >= 0.6 is 29.5 Å². The molecule has 376 valence electrons. The highest BCUT2D eigenvalue weighted by Crippen LogP contribution is 2.45. The molecule has 1 heterocycles. The van der Waals surface area contributed by atoms with Gasteiger partial charge in [0.25, 0.3) is 0 Å². The van der Waals surface area contributed by atoms with Crippen LogP contribution in [0.3, 0.4) is 0 Å². The van der Waals surface area contributed by atoms with Crippen molar-refractivity contribution >= 4 is 53.1 Å². The Bertz CT molecular complexity index is 1340. The smallest absolute Gasteiger partial charge is 0.220 e. The monoisotopic (exact) mass is 993 g/mol. The molecule has 4 unspecified atom stereocenters. The van der Waals surface area contributed by atoms with E-state index in [4.69, 9.17) is 0 Å². The molecule has 64 heavy (non-hydrogen) atoms. The summed E-state index contributed by atoms with van der Waals surface area (Å²) in [6, 6.07) is 0. The largest absolute Gasteiger partial charge is 0.356 e. The van der Waals surface area contributed by atoms with Crippen LogP contribution in [0.1, 0.15) is 105 Å². The molecule has 0 radical (unpaired) electrons. The van der Waals surface area contributed by atoms with Gasteiger partial charge >= 0.3 is 0 Å². The Labute approximate surface area is 383 Å². The lowest BCUT2D eigenvalue weighted by atomic mass is 10.3. The molecule has 24 heteroatoms. The Morgan fingerprint density at radius 1 is 0.375 bits per heavy atom. The predicted octanol–water partition coefficient (Wildman–Crippen LogP) is 3.35. The number of rotatable bonds is 32. The lowest BCUT2D eigenvalue weighted by Crippen LogP contribution is -2.46. The van der Waals surface area contributed by atoms with Crippen LogP contribution in [0.4, 0.5) is 0 Å². The average Bonchev–Trinajstić information content (AvgIpc) is 3.22. The Hall–Kier alpha value is -1.52. The van der Waals surface area contributed by atoms with Crippen LogP contribution in [-0.4, -0.2) is 191 Å². The maximum absolute atomic E-state index is 13.6. The first-order valence-corrected chi connectivity index (χ1v) is 31.4. The third kappa shape index (κ3) is 31.5. The number of carbonyl (C=O) groups is 4. The Balaban J connectivity index is 3.43. The van der Waals surface area contributed by atoms with Crippen LogP contribution in [0.15, 0.2) is 0 Å². The van der Waals surface area contributed by atoms with Gasteiger partial charge < -0.3 is 40.8 Å². The fourth-order valence-electron chi connectivity index (χ4n) is 6.75. The van der Waals surface area contributed by atoms with E-state index in [0.29, 0.717) is 26.2 Å². The van der Waals surface area contributed by atoms with E-state index in [9.17, 15) is 57.0 Å². The Kier molecular flexibility index (Phi) is 31.2. The number of carbonyl (C=O) groups excluding carboxylic acids is 4. The minimum absolute atomic E-state index is 0.124. The van der Waals surface area contributed by atoms with E-state index in [2.05, 4.69) is 21.3 Å². The molecule has 1 saturated heterocycles. The zero-order chi connectivity index (χ0) is 48.1. The molecule has 1 aliphatic rings. The fourth-order valence-corrected chi connectivity index (χ4v) is 13.2. The summed E-state index contributed by atoms with van der Waals surface area (Å²) >= 11 is 0. The molecule has 8 N–H and O–H groups in total. The summed E-state index contributed by atoms with van der Waals surface area (Å²) in [6.07, 6.45) is 3.64. The van der Waals surface area contributed by atoms with Gasteiger partial charge in [0.2, 0.25) is 53.1 Å². The molecule has 4 atom stereocenters. The van der Waals surface area contributed by atoms with Crippen molar-refractivity contribution in [1.82, 2.24) is 40.9 Å². The van der Waals surface area contributed by atoms with Gasteiger partial charge in [-0.05, 0) is 25.7 Å². The summed E-state index contributed by atoms with van der Waals surface area (Å²) in [5.74, 6) is -1.35. The van der Waals surface area contributed by atoms with Gasteiger partial charge in [0.05, 0.1) is 25.1 Å². The highest BCUT2D eigenvalue weighted by Gasteiger charge is 2.31. The predicted molar refractivity (Wildman–Crippen MR) is 255 cm³/mol. The second-order valence-corrected chi connectivity index (χ2v) is 26.8. The van der Waals surface area contributed by atoms with Crippen LogP contribution in [0.2, 0.25) is 0 Å². The zero-order valence-electron chi connectivity index (χ0n) is 39.3. The highest BCUT2D eigenvalue weighted by molar-refractivity contribution is 7.58. The lowest BCUT2D eigenvalue weighted by Gasteiger charge is -2.36. The summed E-state index contributed by atoms with van der Waals surface area (Å²) in [5.41, 5.74) is 0. The van der Waals surface area contributed by atoms with Crippen molar-refractivity contribution in [2.24, 2.45) is 0 Å².